The molecule has 0 aliphatic carbocycles. The van der Waals surface area contributed by atoms with Crippen molar-refractivity contribution in [1.29, 1.82) is 0 Å². The number of nitrogen functional groups attached to an aromatic ring is 1. The van der Waals surface area contributed by atoms with Gasteiger partial charge in [-0.3, -0.25) is 4.79 Å². The molecule has 54 valence electrons. The zero-order valence-corrected chi connectivity index (χ0v) is 5.07. The molecule has 0 atom stereocenters. The van der Waals surface area contributed by atoms with Crippen molar-refractivity contribution < 1.29 is 14.4 Å². The van der Waals surface area contributed by atoms with Crippen LogP contribution in [0, 0.1) is 0 Å². The highest BCUT2D eigenvalue weighted by Crippen LogP contribution is 2.04. The third kappa shape index (κ3) is 1.48. The van der Waals surface area contributed by atoms with E-state index in [1.807, 2.05) is 0 Å². The molecule has 0 spiro atoms. The van der Waals surface area contributed by atoms with E-state index in [0.29, 0.717) is 5.69 Å². The molecule has 1 heterocycles. The van der Waals surface area contributed by atoms with Crippen LogP contribution in [-0.4, -0.2) is 16.2 Å². The van der Waals surface area contributed by atoms with E-state index in [2.05, 4.69) is 9.68 Å². The standard InChI is InChI=1S/C5H6N2O3/c6-4-1-3(7-10-4)2-5(8)9/h1H,2,6H2,(H,8,9). The Kier molecular flexibility index (Phi) is 1.57. The maximum atomic E-state index is 10.1. The van der Waals surface area contributed by atoms with E-state index in [0.717, 1.165) is 0 Å². The van der Waals surface area contributed by atoms with E-state index in [-0.39, 0.29) is 12.3 Å². The Balaban J connectivity index is 2.67. The van der Waals surface area contributed by atoms with Gasteiger partial charge < -0.3 is 15.4 Å². The molecule has 0 aliphatic rings. The van der Waals surface area contributed by atoms with Crippen LogP contribution in [0.25, 0.3) is 0 Å². The lowest BCUT2D eigenvalue weighted by atomic mass is 10.3. The Labute approximate surface area is 56.4 Å². The van der Waals surface area contributed by atoms with Gasteiger partial charge in [-0.05, 0) is 0 Å². The first-order chi connectivity index (χ1) is 4.68. The highest BCUT2D eigenvalue weighted by atomic mass is 16.5. The topological polar surface area (TPSA) is 89.4 Å². The van der Waals surface area contributed by atoms with Crippen molar-refractivity contribution in [3.63, 3.8) is 0 Å². The quantitative estimate of drug-likeness (QED) is 0.601. The van der Waals surface area contributed by atoms with Crippen LogP contribution in [0.2, 0.25) is 0 Å². The summed E-state index contributed by atoms with van der Waals surface area (Å²) in [5.41, 5.74) is 5.47. The third-order valence-electron chi connectivity index (χ3n) is 0.910. The fourth-order valence-corrected chi connectivity index (χ4v) is 0.566. The Hall–Kier alpha value is -1.52. The molecule has 5 nitrogen and oxygen atoms in total. The Bertz CT molecular complexity index is 243. The molecule has 3 N–H and O–H groups in total. The van der Waals surface area contributed by atoms with E-state index in [9.17, 15) is 4.79 Å². The number of carbonyl (C=O) groups is 1. The molecule has 0 saturated carbocycles. The summed E-state index contributed by atoms with van der Waals surface area (Å²) < 4.78 is 4.43. The molecule has 1 rings (SSSR count). The minimum absolute atomic E-state index is 0.135. The minimum atomic E-state index is -0.951. The van der Waals surface area contributed by atoms with Crippen molar-refractivity contribution in [3.8, 4) is 0 Å². The molecule has 0 amide bonds. The second kappa shape index (κ2) is 2.38. The Morgan fingerprint density at radius 2 is 2.60 bits per heavy atom. The maximum absolute atomic E-state index is 10.1. The SMILES string of the molecule is Nc1cc(CC(=O)O)no1. The predicted molar refractivity (Wildman–Crippen MR) is 32.3 cm³/mol. The van der Waals surface area contributed by atoms with E-state index < -0.39 is 5.97 Å². The van der Waals surface area contributed by atoms with Crippen LogP contribution in [0.1, 0.15) is 5.69 Å². The van der Waals surface area contributed by atoms with Gasteiger partial charge in [0.2, 0.25) is 5.88 Å². The number of aromatic nitrogens is 1. The molecule has 0 radical (unpaired) electrons. The van der Waals surface area contributed by atoms with Gasteiger partial charge in [0.05, 0.1) is 12.1 Å². The normalized spacial score (nSPS) is 9.60. The first-order valence-corrected chi connectivity index (χ1v) is 2.61. The van der Waals surface area contributed by atoms with Crippen molar-refractivity contribution >= 4 is 11.9 Å². The summed E-state index contributed by atoms with van der Waals surface area (Å²) in [6.07, 6.45) is -0.152. The number of carboxylic acids is 1. The molecule has 0 saturated heterocycles. The molecule has 0 bridgehead atoms. The Morgan fingerprint density at radius 1 is 1.90 bits per heavy atom. The fraction of sp³-hybridized carbons (Fsp3) is 0.200. The number of hydrogen-bond acceptors (Lipinski definition) is 4. The highest BCUT2D eigenvalue weighted by molar-refractivity contribution is 5.69. The van der Waals surface area contributed by atoms with Gasteiger partial charge in [-0.25, -0.2) is 0 Å². The number of rotatable bonds is 2. The van der Waals surface area contributed by atoms with Crippen LogP contribution in [-0.2, 0) is 11.2 Å². The molecular formula is C5H6N2O3. The number of carboxylic acid groups (broad SMARTS) is 1. The first-order valence-electron chi connectivity index (χ1n) is 2.61. The zero-order chi connectivity index (χ0) is 7.56. The van der Waals surface area contributed by atoms with Crippen molar-refractivity contribution in [2.75, 3.05) is 5.73 Å². The van der Waals surface area contributed by atoms with Crippen LogP contribution >= 0.6 is 0 Å². The van der Waals surface area contributed by atoms with Crippen LogP contribution in [0.15, 0.2) is 10.6 Å². The number of nitrogens with two attached hydrogens (primary N) is 1. The molecule has 0 aliphatic heterocycles. The van der Waals surface area contributed by atoms with Gasteiger partial charge in [-0.1, -0.05) is 5.16 Å². The summed E-state index contributed by atoms with van der Waals surface area (Å²) in [7, 11) is 0. The molecule has 1 aromatic rings. The molecule has 10 heavy (non-hydrogen) atoms. The molecule has 0 fully saturated rings. The second-order valence-electron chi connectivity index (χ2n) is 1.79. The van der Waals surface area contributed by atoms with Gasteiger partial charge in [-0.15, -0.1) is 0 Å². The van der Waals surface area contributed by atoms with Crippen LogP contribution < -0.4 is 5.73 Å². The lowest BCUT2D eigenvalue weighted by molar-refractivity contribution is -0.136. The summed E-state index contributed by atoms with van der Waals surface area (Å²) in [4.78, 5) is 10.1. The van der Waals surface area contributed by atoms with Crippen LogP contribution in [0.4, 0.5) is 5.88 Å². The van der Waals surface area contributed by atoms with E-state index >= 15 is 0 Å². The molecule has 0 aromatic carbocycles. The van der Waals surface area contributed by atoms with Crippen LogP contribution in [0.3, 0.4) is 0 Å². The van der Waals surface area contributed by atoms with Crippen LogP contribution in [0.5, 0.6) is 0 Å². The average molecular weight is 142 g/mol. The van der Waals surface area contributed by atoms with Gasteiger partial charge >= 0.3 is 5.97 Å². The van der Waals surface area contributed by atoms with Gasteiger partial charge in [0.1, 0.15) is 0 Å². The number of nitrogens with zero attached hydrogens (tertiary/aromatic N) is 1. The Morgan fingerprint density at radius 3 is 3.00 bits per heavy atom. The van der Waals surface area contributed by atoms with Crippen molar-refractivity contribution in [2.45, 2.75) is 6.42 Å². The van der Waals surface area contributed by atoms with Crippen molar-refractivity contribution in [1.82, 2.24) is 5.16 Å². The summed E-state index contributed by atoms with van der Waals surface area (Å²) in [6, 6.07) is 1.38. The summed E-state index contributed by atoms with van der Waals surface area (Å²) in [6.45, 7) is 0. The van der Waals surface area contributed by atoms with E-state index in [1.54, 1.807) is 0 Å². The predicted octanol–water partition coefficient (Wildman–Crippen LogP) is -0.116. The van der Waals surface area contributed by atoms with Gasteiger partial charge in [0.25, 0.3) is 0 Å². The molecule has 1 aromatic heterocycles. The van der Waals surface area contributed by atoms with Gasteiger partial charge in [0, 0.05) is 6.07 Å². The highest BCUT2D eigenvalue weighted by Gasteiger charge is 2.04. The lowest BCUT2D eigenvalue weighted by Crippen LogP contribution is -1.99. The fourth-order valence-electron chi connectivity index (χ4n) is 0.566. The monoisotopic (exact) mass is 142 g/mol. The van der Waals surface area contributed by atoms with E-state index in [1.165, 1.54) is 6.07 Å². The first kappa shape index (κ1) is 6.60. The number of anilines is 1. The lowest BCUT2D eigenvalue weighted by Gasteiger charge is -1.82. The number of aliphatic carboxylic acids is 1. The number of hydrogen-bond donors (Lipinski definition) is 2. The van der Waals surface area contributed by atoms with Gasteiger partial charge in [-0.2, -0.15) is 0 Å². The average Bonchev–Trinajstić information content (AvgIpc) is 2.13. The maximum Gasteiger partial charge on any atom is 0.309 e. The minimum Gasteiger partial charge on any atom is -0.481 e. The molecule has 5 heteroatoms. The van der Waals surface area contributed by atoms with Crippen molar-refractivity contribution in [2.24, 2.45) is 0 Å². The van der Waals surface area contributed by atoms with Crippen molar-refractivity contribution in [3.05, 3.63) is 11.8 Å². The summed E-state index contributed by atoms with van der Waals surface area (Å²) >= 11 is 0. The smallest absolute Gasteiger partial charge is 0.309 e. The largest absolute Gasteiger partial charge is 0.481 e. The summed E-state index contributed by atoms with van der Waals surface area (Å²) in [5.74, 6) is -0.815. The molecular weight excluding hydrogens is 136 g/mol. The third-order valence-corrected chi connectivity index (χ3v) is 0.910. The zero-order valence-electron chi connectivity index (χ0n) is 5.07. The van der Waals surface area contributed by atoms with E-state index in [4.69, 9.17) is 10.8 Å². The molecule has 0 unspecified atom stereocenters. The summed E-state index contributed by atoms with van der Waals surface area (Å²) in [5, 5.41) is 11.6. The second-order valence-corrected chi connectivity index (χ2v) is 1.79. The van der Waals surface area contributed by atoms with Gasteiger partial charge in [0.15, 0.2) is 0 Å².